The highest BCUT2D eigenvalue weighted by molar-refractivity contribution is 6.33. The third kappa shape index (κ3) is 19.7. The molecule has 29 heavy (non-hydrogen) atoms. The highest BCUT2D eigenvalue weighted by Gasteiger charge is 2.18. The van der Waals surface area contributed by atoms with Gasteiger partial charge in [-0.1, -0.05) is 110 Å². The zero-order valence-electron chi connectivity index (χ0n) is 19.0. The Morgan fingerprint density at radius 2 is 0.862 bits per heavy atom. The maximum atomic E-state index is 11.7. The van der Waals surface area contributed by atoms with Crippen LogP contribution in [-0.2, 0) is 24.2 Å². The van der Waals surface area contributed by atoms with Crippen LogP contribution in [-0.4, -0.2) is 17.7 Å². The van der Waals surface area contributed by atoms with Crippen LogP contribution in [0.25, 0.3) is 0 Å². The molecule has 5 nitrogen and oxygen atoms in total. The molecule has 0 heterocycles. The van der Waals surface area contributed by atoms with E-state index in [4.69, 9.17) is 0 Å². The Hall–Kier alpha value is -1.39. The largest absolute Gasteiger partial charge is 0.421 e. The number of ketones is 1. The lowest BCUT2D eigenvalue weighted by Crippen LogP contribution is -2.19. The summed E-state index contributed by atoms with van der Waals surface area (Å²) in [5.74, 6) is -2.26. The molecule has 5 heteroatoms. The zero-order chi connectivity index (χ0) is 21.6. The molecule has 0 amide bonds. The van der Waals surface area contributed by atoms with E-state index in [0.29, 0.717) is 6.42 Å². The first-order valence-corrected chi connectivity index (χ1v) is 12.1. The van der Waals surface area contributed by atoms with Gasteiger partial charge in [0, 0.05) is 6.42 Å². The lowest BCUT2D eigenvalue weighted by molar-refractivity contribution is -0.256. The maximum Gasteiger partial charge on any atom is 0.421 e. The fraction of sp³-hybridized carbons (Fsp3) is 0.875. The minimum atomic E-state index is -1.06. The average Bonchev–Trinajstić information content (AvgIpc) is 2.72. The predicted octanol–water partition coefficient (Wildman–Crippen LogP) is 7.01. The van der Waals surface area contributed by atoms with Gasteiger partial charge in [-0.15, -0.1) is 0 Å². The van der Waals surface area contributed by atoms with Crippen LogP contribution < -0.4 is 0 Å². The van der Waals surface area contributed by atoms with Crippen LogP contribution in [0.2, 0.25) is 0 Å². The molecule has 0 radical (unpaired) electrons. The van der Waals surface area contributed by atoms with Gasteiger partial charge in [-0.05, 0) is 12.8 Å². The van der Waals surface area contributed by atoms with Crippen LogP contribution in [0.1, 0.15) is 136 Å². The summed E-state index contributed by atoms with van der Waals surface area (Å²) in [5.41, 5.74) is 0. The second-order valence-electron chi connectivity index (χ2n) is 8.05. The molecule has 0 aromatic heterocycles. The van der Waals surface area contributed by atoms with Crippen LogP contribution >= 0.6 is 0 Å². The second-order valence-corrected chi connectivity index (χ2v) is 8.05. The highest BCUT2D eigenvalue weighted by Crippen LogP contribution is 2.12. The van der Waals surface area contributed by atoms with Crippen molar-refractivity contribution in [1.82, 2.24) is 0 Å². The van der Waals surface area contributed by atoms with E-state index in [0.717, 1.165) is 32.1 Å². The van der Waals surface area contributed by atoms with Gasteiger partial charge in [-0.2, -0.15) is 0 Å². The Labute approximate surface area is 178 Å². The van der Waals surface area contributed by atoms with Gasteiger partial charge >= 0.3 is 11.9 Å². The summed E-state index contributed by atoms with van der Waals surface area (Å²) in [6.07, 6.45) is 19.7. The SMILES string of the molecule is CCCCCCCCCCCC(=O)OOC(=O)C(=O)CCCCCCCCCC. The number of hydrogen-bond acceptors (Lipinski definition) is 5. The average molecular weight is 413 g/mol. The molecule has 0 aromatic rings. The van der Waals surface area contributed by atoms with Crippen LogP contribution in [0, 0.1) is 0 Å². The van der Waals surface area contributed by atoms with Gasteiger partial charge in [0.05, 0.1) is 6.42 Å². The molecule has 0 aromatic carbocycles. The highest BCUT2D eigenvalue weighted by atomic mass is 17.2. The Bertz CT molecular complexity index is 419. The van der Waals surface area contributed by atoms with E-state index in [1.807, 2.05) is 0 Å². The molecule has 0 saturated heterocycles. The first-order valence-electron chi connectivity index (χ1n) is 12.1. The number of carbonyl (C=O) groups is 3. The van der Waals surface area contributed by atoms with Crippen molar-refractivity contribution in [3.8, 4) is 0 Å². The Kier molecular flexibility index (Phi) is 20.3. The van der Waals surface area contributed by atoms with Crippen LogP contribution in [0.15, 0.2) is 0 Å². The van der Waals surface area contributed by atoms with Gasteiger partial charge in [-0.3, -0.25) is 4.79 Å². The molecular formula is C24H44O5. The number of carbonyl (C=O) groups excluding carboxylic acids is 3. The Morgan fingerprint density at radius 3 is 1.31 bits per heavy atom. The van der Waals surface area contributed by atoms with E-state index in [1.165, 1.54) is 70.6 Å². The van der Waals surface area contributed by atoms with Gasteiger partial charge < -0.3 is 0 Å². The van der Waals surface area contributed by atoms with Crippen molar-refractivity contribution in [2.75, 3.05) is 0 Å². The fourth-order valence-corrected chi connectivity index (χ4v) is 3.27. The molecular weight excluding hydrogens is 368 g/mol. The van der Waals surface area contributed by atoms with Crippen LogP contribution in [0.3, 0.4) is 0 Å². The minimum absolute atomic E-state index is 0.156. The summed E-state index contributed by atoms with van der Waals surface area (Å²) in [4.78, 5) is 43.7. The van der Waals surface area contributed by atoms with E-state index in [9.17, 15) is 14.4 Å². The molecule has 0 unspecified atom stereocenters. The Morgan fingerprint density at radius 1 is 0.483 bits per heavy atom. The van der Waals surface area contributed by atoms with Crippen molar-refractivity contribution >= 4 is 17.7 Å². The normalized spacial score (nSPS) is 10.7. The van der Waals surface area contributed by atoms with Crippen molar-refractivity contribution in [3.05, 3.63) is 0 Å². The standard InChI is InChI=1S/C24H44O5/c1-3-5-7-9-11-13-15-17-19-21-23(26)28-29-24(27)22(25)20-18-16-14-12-10-8-6-4-2/h3-21H2,1-2H3. The zero-order valence-corrected chi connectivity index (χ0v) is 19.0. The lowest BCUT2D eigenvalue weighted by Gasteiger charge is -2.04. The number of unbranched alkanes of at least 4 members (excludes halogenated alkanes) is 15. The van der Waals surface area contributed by atoms with Crippen LogP contribution in [0.5, 0.6) is 0 Å². The fourth-order valence-electron chi connectivity index (χ4n) is 3.27. The van der Waals surface area contributed by atoms with E-state index >= 15 is 0 Å². The Balaban J connectivity index is 3.50. The van der Waals surface area contributed by atoms with Crippen molar-refractivity contribution < 1.29 is 24.2 Å². The third-order valence-electron chi connectivity index (χ3n) is 5.18. The summed E-state index contributed by atoms with van der Waals surface area (Å²) < 4.78 is 0. The summed E-state index contributed by atoms with van der Waals surface area (Å²) in [5, 5.41) is 0. The molecule has 0 aliphatic carbocycles. The van der Waals surface area contributed by atoms with Gasteiger partial charge in [0.25, 0.3) is 0 Å². The number of Topliss-reactive ketones (excluding diaryl/α,β-unsaturated/α-hetero) is 1. The first kappa shape index (κ1) is 27.6. The molecule has 0 bridgehead atoms. The molecule has 170 valence electrons. The van der Waals surface area contributed by atoms with E-state index in [1.54, 1.807) is 0 Å². The molecule has 0 aliphatic rings. The van der Waals surface area contributed by atoms with Gasteiger partial charge in [0.1, 0.15) is 0 Å². The molecule has 0 fully saturated rings. The van der Waals surface area contributed by atoms with E-state index in [-0.39, 0.29) is 12.8 Å². The van der Waals surface area contributed by atoms with Crippen LogP contribution in [0.4, 0.5) is 0 Å². The molecule has 0 spiro atoms. The van der Waals surface area contributed by atoms with Gasteiger partial charge in [-0.25, -0.2) is 19.4 Å². The third-order valence-corrected chi connectivity index (χ3v) is 5.18. The van der Waals surface area contributed by atoms with Gasteiger partial charge in [0.15, 0.2) is 0 Å². The van der Waals surface area contributed by atoms with Crippen molar-refractivity contribution in [2.24, 2.45) is 0 Å². The minimum Gasteiger partial charge on any atom is -0.287 e. The number of rotatable bonds is 20. The molecule has 0 rings (SSSR count). The quantitative estimate of drug-likeness (QED) is 0.0931. The van der Waals surface area contributed by atoms with E-state index in [2.05, 4.69) is 23.6 Å². The maximum absolute atomic E-state index is 11.7. The van der Waals surface area contributed by atoms with Crippen molar-refractivity contribution in [2.45, 2.75) is 136 Å². The smallest absolute Gasteiger partial charge is 0.287 e. The molecule has 0 aliphatic heterocycles. The monoisotopic (exact) mass is 412 g/mol. The topological polar surface area (TPSA) is 69.7 Å². The summed E-state index contributed by atoms with van der Waals surface area (Å²) in [6, 6.07) is 0. The lowest BCUT2D eigenvalue weighted by atomic mass is 10.1. The molecule has 0 saturated carbocycles. The second kappa shape index (κ2) is 21.3. The van der Waals surface area contributed by atoms with Crippen molar-refractivity contribution in [1.29, 1.82) is 0 Å². The molecule has 0 atom stereocenters. The number of hydrogen-bond donors (Lipinski definition) is 0. The predicted molar refractivity (Wildman–Crippen MR) is 116 cm³/mol. The first-order chi connectivity index (χ1) is 14.1. The summed E-state index contributed by atoms with van der Waals surface area (Å²) >= 11 is 0. The van der Waals surface area contributed by atoms with Gasteiger partial charge in [0.2, 0.25) is 5.78 Å². The van der Waals surface area contributed by atoms with Crippen molar-refractivity contribution in [3.63, 3.8) is 0 Å². The van der Waals surface area contributed by atoms with E-state index < -0.39 is 17.7 Å². The summed E-state index contributed by atoms with van der Waals surface area (Å²) in [6.45, 7) is 4.41. The molecule has 0 N–H and O–H groups in total. The summed E-state index contributed by atoms with van der Waals surface area (Å²) in [7, 11) is 0.